The Kier molecular flexibility index (Phi) is 6.62. The first-order chi connectivity index (χ1) is 15.2. The largest absolute Gasteiger partial charge is 0.504 e. The van der Waals surface area contributed by atoms with Gasteiger partial charge in [-0.05, 0) is 29.8 Å². The summed E-state index contributed by atoms with van der Waals surface area (Å²) in [5.41, 5.74) is 0.169. The summed E-state index contributed by atoms with van der Waals surface area (Å²) >= 11 is 0. The standard InChI is InChI=1S/C22H22FN5O4/c1-27(2)16(29)12-28(3)22(32)18-15-5-4-10-24-17(15)20(30)19(26-18)21(31)25-11-13-6-8-14(23)9-7-13/h4-10,30H,11-12H2,1-3H3,(H,25,31). The Bertz CT molecular complexity index is 1180. The molecule has 0 bridgehead atoms. The molecular weight excluding hydrogens is 417 g/mol. The maximum Gasteiger partial charge on any atom is 0.274 e. The number of aromatic hydroxyl groups is 1. The number of fused-ring (bicyclic) bond motifs is 1. The van der Waals surface area contributed by atoms with Crippen LogP contribution in [0.25, 0.3) is 10.9 Å². The van der Waals surface area contributed by atoms with Crippen LogP contribution in [0.4, 0.5) is 4.39 Å². The number of aromatic nitrogens is 2. The zero-order chi connectivity index (χ0) is 23.4. The predicted molar refractivity (Wildman–Crippen MR) is 114 cm³/mol. The van der Waals surface area contributed by atoms with Crippen LogP contribution in [0.1, 0.15) is 26.5 Å². The number of carbonyl (C=O) groups is 3. The highest BCUT2D eigenvalue weighted by Gasteiger charge is 2.25. The average molecular weight is 439 g/mol. The normalized spacial score (nSPS) is 10.6. The van der Waals surface area contributed by atoms with Crippen LogP contribution in [-0.4, -0.2) is 70.3 Å². The van der Waals surface area contributed by atoms with Crippen LogP contribution < -0.4 is 5.32 Å². The highest BCUT2D eigenvalue weighted by Crippen LogP contribution is 2.28. The highest BCUT2D eigenvalue weighted by molar-refractivity contribution is 6.09. The molecule has 0 saturated heterocycles. The lowest BCUT2D eigenvalue weighted by Gasteiger charge is -2.20. The molecule has 0 spiro atoms. The lowest BCUT2D eigenvalue weighted by Crippen LogP contribution is -2.38. The van der Waals surface area contributed by atoms with Crippen molar-refractivity contribution in [2.75, 3.05) is 27.7 Å². The first-order valence-electron chi connectivity index (χ1n) is 9.65. The maximum atomic E-state index is 13.1. The third kappa shape index (κ3) is 4.80. The van der Waals surface area contributed by atoms with E-state index in [0.29, 0.717) is 5.56 Å². The van der Waals surface area contributed by atoms with Crippen LogP contribution in [0.5, 0.6) is 5.75 Å². The van der Waals surface area contributed by atoms with E-state index in [1.807, 2.05) is 0 Å². The minimum atomic E-state index is -0.736. The van der Waals surface area contributed by atoms with E-state index >= 15 is 0 Å². The number of carbonyl (C=O) groups excluding carboxylic acids is 3. The topological polar surface area (TPSA) is 116 Å². The first-order valence-corrected chi connectivity index (χ1v) is 9.65. The summed E-state index contributed by atoms with van der Waals surface area (Å²) in [7, 11) is 4.58. The number of hydrogen-bond acceptors (Lipinski definition) is 6. The fourth-order valence-electron chi connectivity index (χ4n) is 2.91. The van der Waals surface area contributed by atoms with Gasteiger partial charge < -0.3 is 20.2 Å². The SMILES string of the molecule is CN(C)C(=O)CN(C)C(=O)c1nc(C(=O)NCc2ccc(F)cc2)c(O)c2ncccc12. The zero-order valence-corrected chi connectivity index (χ0v) is 17.8. The number of nitrogens with zero attached hydrogens (tertiary/aromatic N) is 4. The van der Waals surface area contributed by atoms with Crippen molar-refractivity contribution >= 4 is 28.6 Å². The third-order valence-electron chi connectivity index (χ3n) is 4.74. The number of likely N-dealkylation sites (N-methyl/N-ethyl adjacent to an activating group) is 2. The van der Waals surface area contributed by atoms with E-state index in [0.717, 1.165) is 0 Å². The van der Waals surface area contributed by atoms with Gasteiger partial charge in [-0.25, -0.2) is 9.37 Å². The summed E-state index contributed by atoms with van der Waals surface area (Å²) < 4.78 is 13.1. The summed E-state index contributed by atoms with van der Waals surface area (Å²) in [6.07, 6.45) is 1.41. The van der Waals surface area contributed by atoms with Gasteiger partial charge in [-0.2, -0.15) is 0 Å². The van der Waals surface area contributed by atoms with Crippen molar-refractivity contribution in [2.24, 2.45) is 0 Å². The molecule has 3 aromatic rings. The van der Waals surface area contributed by atoms with Gasteiger partial charge in [0, 0.05) is 39.3 Å². The summed E-state index contributed by atoms with van der Waals surface area (Å²) in [5.74, 6) is -2.51. The van der Waals surface area contributed by atoms with Gasteiger partial charge in [0.05, 0.1) is 6.54 Å². The number of halogens is 1. The van der Waals surface area contributed by atoms with Crippen molar-refractivity contribution in [3.05, 3.63) is 65.4 Å². The molecule has 2 N–H and O–H groups in total. The Labute approximate surface area is 183 Å². The smallest absolute Gasteiger partial charge is 0.274 e. The number of hydrogen-bond donors (Lipinski definition) is 2. The van der Waals surface area contributed by atoms with Crippen LogP contribution in [0.15, 0.2) is 42.6 Å². The van der Waals surface area contributed by atoms with Gasteiger partial charge in [0.15, 0.2) is 11.4 Å². The molecule has 3 rings (SSSR count). The fraction of sp³-hybridized carbons (Fsp3) is 0.227. The average Bonchev–Trinajstić information content (AvgIpc) is 2.78. The van der Waals surface area contributed by atoms with Crippen molar-refractivity contribution in [2.45, 2.75) is 6.54 Å². The Hall–Kier alpha value is -4.08. The summed E-state index contributed by atoms with van der Waals surface area (Å²) in [6, 6.07) is 8.66. The Morgan fingerprint density at radius 2 is 1.75 bits per heavy atom. The zero-order valence-electron chi connectivity index (χ0n) is 17.8. The summed E-state index contributed by atoms with van der Waals surface area (Å²) in [6.45, 7) is -0.136. The Morgan fingerprint density at radius 3 is 2.41 bits per heavy atom. The molecule has 10 heteroatoms. The molecule has 1 aromatic carbocycles. The van der Waals surface area contributed by atoms with Crippen molar-refractivity contribution in [1.29, 1.82) is 0 Å². The van der Waals surface area contributed by atoms with Crippen molar-refractivity contribution < 1.29 is 23.9 Å². The molecule has 0 fully saturated rings. The van der Waals surface area contributed by atoms with Gasteiger partial charge in [-0.1, -0.05) is 12.1 Å². The van der Waals surface area contributed by atoms with E-state index in [9.17, 15) is 23.9 Å². The Morgan fingerprint density at radius 1 is 1.06 bits per heavy atom. The van der Waals surface area contributed by atoms with Crippen LogP contribution >= 0.6 is 0 Å². The minimum Gasteiger partial charge on any atom is -0.504 e. The maximum absolute atomic E-state index is 13.1. The molecule has 0 unspecified atom stereocenters. The predicted octanol–water partition coefficient (Wildman–Crippen LogP) is 1.56. The molecule has 2 aromatic heterocycles. The number of amides is 3. The lowest BCUT2D eigenvalue weighted by atomic mass is 10.1. The van der Waals surface area contributed by atoms with Crippen LogP contribution in [0.3, 0.4) is 0 Å². The van der Waals surface area contributed by atoms with Gasteiger partial charge in [0.1, 0.15) is 17.0 Å². The van der Waals surface area contributed by atoms with Crippen LogP contribution in [-0.2, 0) is 11.3 Å². The van der Waals surface area contributed by atoms with Gasteiger partial charge in [-0.15, -0.1) is 0 Å². The van der Waals surface area contributed by atoms with E-state index < -0.39 is 23.4 Å². The molecule has 9 nitrogen and oxygen atoms in total. The van der Waals surface area contributed by atoms with E-state index in [2.05, 4.69) is 15.3 Å². The fourth-order valence-corrected chi connectivity index (χ4v) is 2.91. The molecule has 0 aliphatic rings. The summed E-state index contributed by atoms with van der Waals surface area (Å²) in [5, 5.41) is 13.4. The number of pyridine rings is 2. The second-order valence-corrected chi connectivity index (χ2v) is 7.32. The molecule has 2 heterocycles. The van der Waals surface area contributed by atoms with Crippen molar-refractivity contribution in [3.63, 3.8) is 0 Å². The van der Waals surface area contributed by atoms with Crippen molar-refractivity contribution in [3.8, 4) is 5.75 Å². The molecule has 3 amide bonds. The second-order valence-electron chi connectivity index (χ2n) is 7.32. The summed E-state index contributed by atoms with van der Waals surface area (Å²) in [4.78, 5) is 48.5. The number of nitrogens with one attached hydrogen (secondary N) is 1. The van der Waals surface area contributed by atoms with Gasteiger partial charge in [0.2, 0.25) is 5.91 Å². The van der Waals surface area contributed by atoms with Crippen LogP contribution in [0, 0.1) is 5.82 Å². The first kappa shape index (κ1) is 22.6. The van der Waals surface area contributed by atoms with Crippen molar-refractivity contribution in [1.82, 2.24) is 25.1 Å². The Balaban J connectivity index is 1.94. The van der Waals surface area contributed by atoms with Gasteiger partial charge in [0.25, 0.3) is 11.8 Å². The second kappa shape index (κ2) is 9.38. The van der Waals surface area contributed by atoms with E-state index in [1.165, 1.54) is 47.3 Å². The molecule has 0 aliphatic carbocycles. The molecule has 0 saturated carbocycles. The van der Waals surface area contributed by atoms with E-state index in [-0.39, 0.29) is 41.3 Å². The van der Waals surface area contributed by atoms with Gasteiger partial charge in [-0.3, -0.25) is 19.4 Å². The highest BCUT2D eigenvalue weighted by atomic mass is 19.1. The quantitative estimate of drug-likeness (QED) is 0.602. The minimum absolute atomic E-state index is 0.0325. The molecule has 32 heavy (non-hydrogen) atoms. The van der Waals surface area contributed by atoms with E-state index in [4.69, 9.17) is 0 Å². The number of rotatable bonds is 6. The molecule has 0 atom stereocenters. The monoisotopic (exact) mass is 439 g/mol. The van der Waals surface area contributed by atoms with Crippen LogP contribution in [0.2, 0.25) is 0 Å². The molecule has 0 radical (unpaired) electrons. The lowest BCUT2D eigenvalue weighted by molar-refractivity contribution is -0.129. The molecule has 166 valence electrons. The van der Waals surface area contributed by atoms with E-state index in [1.54, 1.807) is 26.2 Å². The number of benzene rings is 1. The third-order valence-corrected chi connectivity index (χ3v) is 4.74. The molecular formula is C22H22FN5O4. The van der Waals surface area contributed by atoms with Gasteiger partial charge >= 0.3 is 0 Å². The molecule has 0 aliphatic heterocycles.